The molecule has 0 spiro atoms. The molecule has 0 aliphatic heterocycles. The van der Waals surface area contributed by atoms with Crippen LogP contribution in [0.3, 0.4) is 0 Å². The molecular weight excluding hydrogens is 184 g/mol. The van der Waals surface area contributed by atoms with Crippen LogP contribution in [0, 0.1) is 0 Å². The van der Waals surface area contributed by atoms with E-state index in [9.17, 15) is 8.42 Å². The third-order valence-corrected chi connectivity index (χ3v) is 2.33. The molecule has 2 nitrogen and oxygen atoms in total. The maximum atomic E-state index is 10.4. The summed E-state index contributed by atoms with van der Waals surface area (Å²) in [5.41, 5.74) is 0.923. The molecule has 0 saturated heterocycles. The highest BCUT2D eigenvalue weighted by Gasteiger charge is 1.93. The van der Waals surface area contributed by atoms with Gasteiger partial charge in [-0.25, -0.2) is 8.42 Å². The van der Waals surface area contributed by atoms with Gasteiger partial charge in [0.1, 0.15) is 0 Å². The van der Waals surface area contributed by atoms with Gasteiger partial charge in [0.2, 0.25) is 0 Å². The van der Waals surface area contributed by atoms with E-state index in [1.807, 2.05) is 0 Å². The summed E-state index contributed by atoms with van der Waals surface area (Å²) in [5.74, 6) is 0.413. The van der Waals surface area contributed by atoms with E-state index >= 15 is 0 Å². The maximum Gasteiger partial charge on any atom is 0.168 e. The molecule has 60 valence electrons. The van der Waals surface area contributed by atoms with Crippen LogP contribution >= 0.6 is 11.6 Å². The fourth-order valence-electron chi connectivity index (χ4n) is 0.707. The summed E-state index contributed by atoms with van der Waals surface area (Å²) in [7, 11) is -2.46. The second kappa shape index (κ2) is 3.74. The zero-order chi connectivity index (χ0) is 8.27. The van der Waals surface area contributed by atoms with Gasteiger partial charge in [0.05, 0.1) is 4.90 Å². The SMILES string of the molecule is O=[SH](=O)c1ccc(CCl)cc1. The first kappa shape index (κ1) is 8.56. The summed E-state index contributed by atoms with van der Waals surface area (Å²) in [6.45, 7) is 0. The van der Waals surface area contributed by atoms with Crippen LogP contribution in [0.2, 0.25) is 0 Å². The van der Waals surface area contributed by atoms with Gasteiger partial charge in [-0.1, -0.05) is 12.1 Å². The molecule has 0 N–H and O–H groups in total. The lowest BCUT2D eigenvalue weighted by molar-refractivity contribution is 0.614. The van der Waals surface area contributed by atoms with Gasteiger partial charge in [0.15, 0.2) is 10.7 Å². The van der Waals surface area contributed by atoms with Crippen LogP contribution in [0.25, 0.3) is 0 Å². The van der Waals surface area contributed by atoms with E-state index in [2.05, 4.69) is 0 Å². The third kappa shape index (κ3) is 2.20. The molecule has 0 saturated carbocycles. The molecule has 1 aromatic rings. The molecule has 1 rings (SSSR count). The zero-order valence-corrected chi connectivity index (χ0v) is 7.31. The van der Waals surface area contributed by atoms with Crippen molar-refractivity contribution < 1.29 is 8.42 Å². The predicted octanol–water partition coefficient (Wildman–Crippen LogP) is 1.40. The summed E-state index contributed by atoms with van der Waals surface area (Å²) < 4.78 is 20.8. The number of alkyl halides is 1. The van der Waals surface area contributed by atoms with Crippen molar-refractivity contribution in [1.82, 2.24) is 0 Å². The Labute approximate surface area is 71.8 Å². The van der Waals surface area contributed by atoms with Crippen LogP contribution in [0.15, 0.2) is 29.2 Å². The molecule has 1 aromatic carbocycles. The topological polar surface area (TPSA) is 34.1 Å². The monoisotopic (exact) mass is 190 g/mol. The van der Waals surface area contributed by atoms with Crippen LogP contribution in [-0.2, 0) is 16.6 Å². The van der Waals surface area contributed by atoms with Gasteiger partial charge in [-0.3, -0.25) is 0 Å². The Morgan fingerprint density at radius 3 is 2.09 bits per heavy atom. The molecule has 0 heterocycles. The fourth-order valence-corrected chi connectivity index (χ4v) is 1.28. The molecular formula is C7H7ClO2S. The van der Waals surface area contributed by atoms with Gasteiger partial charge in [-0.05, 0) is 17.7 Å². The van der Waals surface area contributed by atoms with Crippen molar-refractivity contribution in [3.05, 3.63) is 29.8 Å². The van der Waals surface area contributed by atoms with Gasteiger partial charge in [0.25, 0.3) is 0 Å². The van der Waals surface area contributed by atoms with Crippen molar-refractivity contribution in [3.63, 3.8) is 0 Å². The van der Waals surface area contributed by atoms with Crippen molar-refractivity contribution in [2.75, 3.05) is 0 Å². The average Bonchev–Trinajstić information content (AvgIpc) is 2.05. The fraction of sp³-hybridized carbons (Fsp3) is 0.143. The molecule has 0 fully saturated rings. The van der Waals surface area contributed by atoms with E-state index in [0.717, 1.165) is 5.56 Å². The minimum absolute atomic E-state index is 0.328. The molecule has 0 aromatic heterocycles. The molecule has 0 bridgehead atoms. The third-order valence-electron chi connectivity index (χ3n) is 1.30. The lowest BCUT2D eigenvalue weighted by atomic mass is 10.2. The van der Waals surface area contributed by atoms with E-state index < -0.39 is 10.7 Å². The van der Waals surface area contributed by atoms with Gasteiger partial charge >= 0.3 is 0 Å². The first-order chi connectivity index (χ1) is 5.24. The summed E-state index contributed by atoms with van der Waals surface area (Å²) in [5, 5.41) is 0. The summed E-state index contributed by atoms with van der Waals surface area (Å²) >= 11 is 5.51. The summed E-state index contributed by atoms with van der Waals surface area (Å²) in [6, 6.07) is 6.49. The van der Waals surface area contributed by atoms with Gasteiger partial charge in [-0.2, -0.15) is 0 Å². The van der Waals surface area contributed by atoms with Gasteiger partial charge < -0.3 is 0 Å². The number of halogens is 1. The van der Waals surface area contributed by atoms with E-state index in [-0.39, 0.29) is 0 Å². The first-order valence-electron chi connectivity index (χ1n) is 3.03. The van der Waals surface area contributed by atoms with E-state index in [1.165, 1.54) is 0 Å². The molecule has 0 aliphatic rings. The highest BCUT2D eigenvalue weighted by molar-refractivity contribution is 7.72. The largest absolute Gasteiger partial charge is 0.227 e. The van der Waals surface area contributed by atoms with E-state index in [4.69, 9.17) is 11.6 Å². The highest BCUT2D eigenvalue weighted by Crippen LogP contribution is 2.07. The Morgan fingerprint density at radius 2 is 1.73 bits per heavy atom. The number of hydrogen-bond donors (Lipinski definition) is 1. The van der Waals surface area contributed by atoms with Gasteiger partial charge in [0, 0.05) is 5.88 Å². The second-order valence-electron chi connectivity index (χ2n) is 2.06. The number of benzene rings is 1. The Balaban J connectivity index is 3.01. The number of rotatable bonds is 2. The highest BCUT2D eigenvalue weighted by atomic mass is 35.5. The van der Waals surface area contributed by atoms with Gasteiger partial charge in [-0.15, -0.1) is 11.6 Å². The average molecular weight is 191 g/mol. The number of hydrogen-bond acceptors (Lipinski definition) is 2. The Morgan fingerprint density at radius 1 is 1.18 bits per heavy atom. The molecule has 0 amide bonds. The van der Waals surface area contributed by atoms with Crippen molar-refractivity contribution in [1.29, 1.82) is 0 Å². The summed E-state index contributed by atoms with van der Waals surface area (Å²) in [6.07, 6.45) is 0. The zero-order valence-electron chi connectivity index (χ0n) is 5.66. The normalized spacial score (nSPS) is 10.4. The smallest absolute Gasteiger partial charge is 0.168 e. The first-order valence-corrected chi connectivity index (χ1v) is 4.74. The van der Waals surface area contributed by atoms with Crippen LogP contribution in [0.1, 0.15) is 5.56 Å². The second-order valence-corrected chi connectivity index (χ2v) is 3.36. The van der Waals surface area contributed by atoms with Crippen molar-refractivity contribution in [2.45, 2.75) is 10.8 Å². The lowest BCUT2D eigenvalue weighted by Gasteiger charge is -1.93. The van der Waals surface area contributed by atoms with E-state index in [0.29, 0.717) is 10.8 Å². The number of thiol groups is 1. The Bertz CT molecular complexity index is 295. The predicted molar refractivity (Wildman–Crippen MR) is 44.6 cm³/mol. The molecule has 0 radical (unpaired) electrons. The lowest BCUT2D eigenvalue weighted by Crippen LogP contribution is -1.81. The molecule has 4 heteroatoms. The summed E-state index contributed by atoms with van der Waals surface area (Å²) in [4.78, 5) is 0.328. The molecule has 11 heavy (non-hydrogen) atoms. The Hall–Kier alpha value is -0.540. The maximum absolute atomic E-state index is 10.4. The van der Waals surface area contributed by atoms with Crippen molar-refractivity contribution in [3.8, 4) is 0 Å². The standard InChI is InChI=1S/C7H7ClO2S/c8-5-6-1-3-7(4-2-6)11(9)10/h1-4,11H,5H2. The minimum atomic E-state index is -2.46. The molecule has 0 aliphatic carbocycles. The van der Waals surface area contributed by atoms with Crippen molar-refractivity contribution >= 4 is 22.3 Å². The van der Waals surface area contributed by atoms with E-state index in [1.54, 1.807) is 24.3 Å². The van der Waals surface area contributed by atoms with Crippen LogP contribution in [0.5, 0.6) is 0 Å². The van der Waals surface area contributed by atoms with Crippen molar-refractivity contribution in [2.24, 2.45) is 0 Å². The quantitative estimate of drug-likeness (QED) is 0.565. The van der Waals surface area contributed by atoms with Crippen LogP contribution in [0.4, 0.5) is 0 Å². The van der Waals surface area contributed by atoms with Crippen LogP contribution in [-0.4, -0.2) is 8.42 Å². The minimum Gasteiger partial charge on any atom is -0.227 e. The molecule has 0 atom stereocenters. The van der Waals surface area contributed by atoms with Crippen LogP contribution < -0.4 is 0 Å². The Kier molecular flexibility index (Phi) is 2.91. The molecule has 0 unspecified atom stereocenters.